The molecule has 0 saturated heterocycles. The molecule has 4 N–H and O–H groups in total. The SMILES string of the molecule is Nc1c(F)ccc(NCc2ccccc2F)c1C(=O)O. The third-order valence-corrected chi connectivity index (χ3v) is 2.83. The molecule has 2 aromatic rings. The number of nitrogen functional groups attached to an aromatic ring is 1. The predicted octanol–water partition coefficient (Wildman–Crippen LogP) is 2.86. The highest BCUT2D eigenvalue weighted by Crippen LogP contribution is 2.25. The summed E-state index contributed by atoms with van der Waals surface area (Å²) in [5.74, 6) is -2.57. The number of carboxylic acid groups (broad SMARTS) is 1. The van der Waals surface area contributed by atoms with Gasteiger partial charge in [0, 0.05) is 12.1 Å². The van der Waals surface area contributed by atoms with Gasteiger partial charge in [-0.05, 0) is 18.2 Å². The van der Waals surface area contributed by atoms with Crippen LogP contribution in [0.5, 0.6) is 0 Å². The van der Waals surface area contributed by atoms with E-state index in [1.54, 1.807) is 18.2 Å². The summed E-state index contributed by atoms with van der Waals surface area (Å²) in [7, 11) is 0. The fraction of sp³-hybridized carbons (Fsp3) is 0.0714. The summed E-state index contributed by atoms with van der Waals surface area (Å²) in [6.45, 7) is 0.0675. The van der Waals surface area contributed by atoms with Gasteiger partial charge in [-0.25, -0.2) is 13.6 Å². The van der Waals surface area contributed by atoms with Crippen LogP contribution < -0.4 is 11.1 Å². The molecule has 0 aliphatic rings. The molecule has 6 heteroatoms. The molecule has 104 valence electrons. The zero-order valence-electron chi connectivity index (χ0n) is 10.4. The molecule has 2 aromatic carbocycles. The number of nitrogens with two attached hydrogens (primary N) is 1. The van der Waals surface area contributed by atoms with E-state index < -0.39 is 23.3 Å². The Morgan fingerprint density at radius 1 is 1.15 bits per heavy atom. The molecule has 0 saturated carbocycles. The third-order valence-electron chi connectivity index (χ3n) is 2.83. The predicted molar refractivity (Wildman–Crippen MR) is 71.5 cm³/mol. The Bertz CT molecular complexity index is 660. The number of rotatable bonds is 4. The second-order valence-corrected chi connectivity index (χ2v) is 4.13. The van der Waals surface area contributed by atoms with E-state index in [1.165, 1.54) is 12.1 Å². The lowest BCUT2D eigenvalue weighted by atomic mass is 10.1. The topological polar surface area (TPSA) is 75.3 Å². The van der Waals surface area contributed by atoms with E-state index in [4.69, 9.17) is 10.8 Å². The van der Waals surface area contributed by atoms with Crippen molar-refractivity contribution in [3.8, 4) is 0 Å². The smallest absolute Gasteiger partial charge is 0.340 e. The van der Waals surface area contributed by atoms with Crippen molar-refractivity contribution >= 4 is 17.3 Å². The molecule has 0 amide bonds. The van der Waals surface area contributed by atoms with Gasteiger partial charge in [-0.2, -0.15) is 0 Å². The monoisotopic (exact) mass is 278 g/mol. The van der Waals surface area contributed by atoms with Gasteiger partial charge in [-0.1, -0.05) is 18.2 Å². The quantitative estimate of drug-likeness (QED) is 0.752. The van der Waals surface area contributed by atoms with Crippen molar-refractivity contribution in [3.63, 3.8) is 0 Å². The molecule has 4 nitrogen and oxygen atoms in total. The van der Waals surface area contributed by atoms with Crippen LogP contribution in [0.25, 0.3) is 0 Å². The number of carboxylic acids is 1. The number of hydrogen-bond acceptors (Lipinski definition) is 3. The van der Waals surface area contributed by atoms with E-state index in [0.29, 0.717) is 5.56 Å². The van der Waals surface area contributed by atoms with Gasteiger partial charge in [0.2, 0.25) is 0 Å². The van der Waals surface area contributed by atoms with E-state index in [-0.39, 0.29) is 17.8 Å². The fourth-order valence-electron chi connectivity index (χ4n) is 1.80. The second-order valence-electron chi connectivity index (χ2n) is 4.13. The fourth-order valence-corrected chi connectivity index (χ4v) is 1.80. The first-order valence-corrected chi connectivity index (χ1v) is 5.79. The molecule has 0 aliphatic heterocycles. The van der Waals surface area contributed by atoms with Gasteiger partial charge in [0.05, 0.1) is 11.4 Å². The van der Waals surface area contributed by atoms with E-state index >= 15 is 0 Å². The first-order valence-electron chi connectivity index (χ1n) is 5.79. The molecule has 0 fully saturated rings. The number of carbonyl (C=O) groups is 1. The van der Waals surface area contributed by atoms with Crippen molar-refractivity contribution in [2.24, 2.45) is 0 Å². The van der Waals surface area contributed by atoms with E-state index in [9.17, 15) is 13.6 Å². The summed E-state index contributed by atoms with van der Waals surface area (Å²) >= 11 is 0. The second kappa shape index (κ2) is 5.56. The molecular weight excluding hydrogens is 266 g/mol. The minimum Gasteiger partial charge on any atom is -0.478 e. The molecular formula is C14H12F2N2O2. The molecule has 0 unspecified atom stereocenters. The highest BCUT2D eigenvalue weighted by atomic mass is 19.1. The summed E-state index contributed by atoms with van der Waals surface area (Å²) < 4.78 is 26.7. The zero-order valence-corrected chi connectivity index (χ0v) is 10.4. The average molecular weight is 278 g/mol. The Morgan fingerprint density at radius 3 is 2.50 bits per heavy atom. The number of nitrogens with one attached hydrogen (secondary N) is 1. The Hall–Kier alpha value is -2.63. The van der Waals surface area contributed by atoms with Crippen LogP contribution >= 0.6 is 0 Å². The molecule has 0 radical (unpaired) electrons. The molecule has 0 aliphatic carbocycles. The van der Waals surface area contributed by atoms with Gasteiger partial charge in [0.15, 0.2) is 0 Å². The molecule has 0 aromatic heterocycles. The molecule has 0 bridgehead atoms. The summed E-state index contributed by atoms with van der Waals surface area (Å²) in [6, 6.07) is 8.40. The maximum atomic E-state index is 13.5. The van der Waals surface area contributed by atoms with Crippen molar-refractivity contribution in [1.82, 2.24) is 0 Å². The van der Waals surface area contributed by atoms with E-state index in [2.05, 4.69) is 5.32 Å². The molecule has 0 heterocycles. The average Bonchev–Trinajstić information content (AvgIpc) is 2.41. The Morgan fingerprint density at radius 2 is 1.85 bits per heavy atom. The summed E-state index contributed by atoms with van der Waals surface area (Å²) in [6.07, 6.45) is 0. The lowest BCUT2D eigenvalue weighted by Gasteiger charge is -2.12. The minimum atomic E-state index is -1.35. The first kappa shape index (κ1) is 13.8. The van der Waals surface area contributed by atoms with Crippen molar-refractivity contribution in [3.05, 3.63) is 59.2 Å². The Labute approximate surface area is 113 Å². The lowest BCUT2D eigenvalue weighted by Crippen LogP contribution is -2.11. The van der Waals surface area contributed by atoms with Crippen LogP contribution in [0.3, 0.4) is 0 Å². The van der Waals surface area contributed by atoms with Crippen LogP contribution in [0.2, 0.25) is 0 Å². The molecule has 0 atom stereocenters. The highest BCUT2D eigenvalue weighted by molar-refractivity contribution is 6.00. The number of anilines is 2. The van der Waals surface area contributed by atoms with Gasteiger partial charge in [0.25, 0.3) is 0 Å². The number of benzene rings is 2. The maximum absolute atomic E-state index is 13.5. The Kier molecular flexibility index (Phi) is 3.84. The summed E-state index contributed by atoms with van der Waals surface area (Å²) in [5.41, 5.74) is 5.11. The van der Waals surface area contributed by atoms with Gasteiger partial charge < -0.3 is 16.2 Å². The largest absolute Gasteiger partial charge is 0.478 e. The standard InChI is InChI=1S/C14H12F2N2O2/c15-9-4-2-1-3-8(9)7-18-11-6-5-10(16)13(17)12(11)14(19)20/h1-6,18H,7,17H2,(H,19,20). The molecule has 20 heavy (non-hydrogen) atoms. The number of aromatic carboxylic acids is 1. The number of halogens is 2. The van der Waals surface area contributed by atoms with Crippen LogP contribution in [-0.4, -0.2) is 11.1 Å². The molecule has 0 spiro atoms. The van der Waals surface area contributed by atoms with Crippen molar-refractivity contribution in [1.29, 1.82) is 0 Å². The van der Waals surface area contributed by atoms with Crippen LogP contribution in [0, 0.1) is 11.6 Å². The van der Waals surface area contributed by atoms with Crippen LogP contribution in [0.15, 0.2) is 36.4 Å². The zero-order chi connectivity index (χ0) is 14.7. The van der Waals surface area contributed by atoms with E-state index in [0.717, 1.165) is 6.07 Å². The normalized spacial score (nSPS) is 10.3. The summed E-state index contributed by atoms with van der Waals surface area (Å²) in [5, 5.41) is 11.8. The first-order chi connectivity index (χ1) is 9.50. The van der Waals surface area contributed by atoms with Crippen molar-refractivity contribution in [2.75, 3.05) is 11.1 Å². The van der Waals surface area contributed by atoms with Crippen LogP contribution in [0.1, 0.15) is 15.9 Å². The van der Waals surface area contributed by atoms with Crippen LogP contribution in [0.4, 0.5) is 20.2 Å². The third kappa shape index (κ3) is 2.69. The lowest BCUT2D eigenvalue weighted by molar-refractivity contribution is 0.0698. The van der Waals surface area contributed by atoms with Gasteiger partial charge in [-0.15, -0.1) is 0 Å². The minimum absolute atomic E-state index is 0.0675. The molecule has 2 rings (SSSR count). The van der Waals surface area contributed by atoms with Crippen LogP contribution in [-0.2, 0) is 6.54 Å². The van der Waals surface area contributed by atoms with Gasteiger partial charge in [0.1, 0.15) is 17.2 Å². The van der Waals surface area contributed by atoms with Gasteiger partial charge >= 0.3 is 5.97 Å². The highest BCUT2D eigenvalue weighted by Gasteiger charge is 2.17. The van der Waals surface area contributed by atoms with Gasteiger partial charge in [-0.3, -0.25) is 0 Å². The summed E-state index contributed by atoms with van der Waals surface area (Å²) in [4.78, 5) is 11.1. The van der Waals surface area contributed by atoms with E-state index in [1.807, 2.05) is 0 Å². The van der Waals surface area contributed by atoms with Crippen molar-refractivity contribution < 1.29 is 18.7 Å². The van der Waals surface area contributed by atoms with Crippen molar-refractivity contribution in [2.45, 2.75) is 6.54 Å². The maximum Gasteiger partial charge on any atom is 0.340 e. The Balaban J connectivity index is 2.29. The number of hydrogen-bond donors (Lipinski definition) is 3.